The van der Waals surface area contributed by atoms with E-state index in [1.807, 2.05) is 13.8 Å². The van der Waals surface area contributed by atoms with Crippen molar-refractivity contribution in [2.75, 3.05) is 6.54 Å². The molecule has 0 saturated carbocycles. The molecule has 0 aliphatic rings. The van der Waals surface area contributed by atoms with Crippen molar-refractivity contribution in [1.29, 1.82) is 5.41 Å². The van der Waals surface area contributed by atoms with Gasteiger partial charge in [0, 0.05) is 6.54 Å². The first kappa shape index (κ1) is 14.8. The van der Waals surface area contributed by atoms with E-state index in [9.17, 15) is 4.79 Å². The van der Waals surface area contributed by atoms with Crippen LogP contribution in [0.15, 0.2) is 4.99 Å². The van der Waals surface area contributed by atoms with Gasteiger partial charge in [0.1, 0.15) is 0 Å². The molecule has 0 rings (SSSR count). The smallest absolute Gasteiger partial charge is 0.233 e. The standard InChI is InChI=1S/C9H19N5OS/c1-5(2)4-13-7(15)6(3)16-9(12)14-8(10)11/h5-6H,4H2,1-3H3,(H,13,15)(H5,10,11,12,14). The van der Waals surface area contributed by atoms with Crippen molar-refractivity contribution in [2.45, 2.75) is 26.0 Å². The molecule has 1 amide bonds. The number of nitrogens with zero attached hydrogens (tertiary/aromatic N) is 1. The molecule has 0 bridgehead atoms. The maximum absolute atomic E-state index is 11.5. The highest BCUT2D eigenvalue weighted by atomic mass is 32.2. The fourth-order valence-electron chi connectivity index (χ4n) is 0.813. The van der Waals surface area contributed by atoms with E-state index in [0.717, 1.165) is 11.8 Å². The Morgan fingerprint density at radius 1 is 1.44 bits per heavy atom. The lowest BCUT2D eigenvalue weighted by Gasteiger charge is -2.12. The molecule has 0 aromatic rings. The van der Waals surface area contributed by atoms with Gasteiger partial charge in [-0.15, -0.1) is 0 Å². The lowest BCUT2D eigenvalue weighted by atomic mass is 10.2. The van der Waals surface area contributed by atoms with Crippen LogP contribution in [0.2, 0.25) is 0 Å². The molecule has 6 nitrogen and oxygen atoms in total. The van der Waals surface area contributed by atoms with Crippen molar-refractivity contribution in [2.24, 2.45) is 22.4 Å². The first-order valence-corrected chi connectivity index (χ1v) is 5.83. The SMILES string of the molecule is CC(C)CNC(=O)C(C)SC(=N)N=C(N)N. The minimum atomic E-state index is -0.380. The Labute approximate surface area is 99.8 Å². The summed E-state index contributed by atoms with van der Waals surface area (Å²) in [5, 5.41) is 9.73. The summed E-state index contributed by atoms with van der Waals surface area (Å²) in [6, 6.07) is 0. The Kier molecular flexibility index (Phi) is 6.55. The second-order valence-corrected chi connectivity index (χ2v) is 5.07. The molecule has 0 aliphatic carbocycles. The number of nitrogens with two attached hydrogens (primary N) is 2. The summed E-state index contributed by atoms with van der Waals surface area (Å²) in [6.45, 7) is 6.36. The second-order valence-electron chi connectivity index (χ2n) is 3.74. The Morgan fingerprint density at radius 2 is 2.00 bits per heavy atom. The number of rotatable bonds is 4. The molecule has 0 spiro atoms. The van der Waals surface area contributed by atoms with Crippen molar-refractivity contribution in [3.8, 4) is 0 Å². The first-order valence-electron chi connectivity index (χ1n) is 4.95. The number of hydrogen-bond acceptors (Lipinski definition) is 3. The van der Waals surface area contributed by atoms with Crippen LogP contribution in [0.1, 0.15) is 20.8 Å². The molecule has 1 atom stereocenters. The molecule has 0 saturated heterocycles. The van der Waals surface area contributed by atoms with Gasteiger partial charge in [-0.2, -0.15) is 4.99 Å². The maximum Gasteiger partial charge on any atom is 0.233 e. The minimum absolute atomic E-state index is 0.0628. The van der Waals surface area contributed by atoms with Gasteiger partial charge in [-0.1, -0.05) is 25.6 Å². The third-order valence-corrected chi connectivity index (χ3v) is 2.45. The molecule has 0 aromatic heterocycles. The zero-order chi connectivity index (χ0) is 12.7. The number of aliphatic imine (C=N–C) groups is 1. The predicted octanol–water partition coefficient (Wildman–Crippen LogP) is 0.0885. The van der Waals surface area contributed by atoms with Gasteiger partial charge >= 0.3 is 0 Å². The van der Waals surface area contributed by atoms with Crippen LogP contribution in [0.4, 0.5) is 0 Å². The Bertz CT molecular complexity index is 286. The lowest BCUT2D eigenvalue weighted by Crippen LogP contribution is -2.34. The molecule has 0 radical (unpaired) electrons. The van der Waals surface area contributed by atoms with Crippen molar-refractivity contribution in [3.63, 3.8) is 0 Å². The van der Waals surface area contributed by atoms with Crippen molar-refractivity contribution in [3.05, 3.63) is 0 Å². The highest BCUT2D eigenvalue weighted by Gasteiger charge is 2.15. The minimum Gasteiger partial charge on any atom is -0.370 e. The average Bonchev–Trinajstić information content (AvgIpc) is 2.12. The van der Waals surface area contributed by atoms with Crippen molar-refractivity contribution in [1.82, 2.24) is 5.32 Å². The number of carbonyl (C=O) groups excluding carboxylic acids is 1. The number of nitrogens with one attached hydrogen (secondary N) is 2. The van der Waals surface area contributed by atoms with Crippen LogP contribution < -0.4 is 16.8 Å². The first-order chi connectivity index (χ1) is 7.32. The molecule has 0 fully saturated rings. The lowest BCUT2D eigenvalue weighted by molar-refractivity contribution is -0.120. The van der Waals surface area contributed by atoms with Crippen LogP contribution in [0, 0.1) is 11.3 Å². The molecule has 92 valence electrons. The van der Waals surface area contributed by atoms with Gasteiger partial charge in [0.15, 0.2) is 11.1 Å². The van der Waals surface area contributed by atoms with Gasteiger partial charge in [0.05, 0.1) is 5.25 Å². The van der Waals surface area contributed by atoms with Crippen molar-refractivity contribution >= 4 is 28.8 Å². The summed E-state index contributed by atoms with van der Waals surface area (Å²) in [5.74, 6) is 0.111. The summed E-state index contributed by atoms with van der Waals surface area (Å²) < 4.78 is 0. The average molecular weight is 245 g/mol. The fraction of sp³-hybridized carbons (Fsp3) is 0.667. The number of thioether (sulfide) groups is 1. The maximum atomic E-state index is 11.5. The summed E-state index contributed by atoms with van der Waals surface area (Å²) in [7, 11) is 0. The van der Waals surface area contributed by atoms with Crippen LogP contribution in [0.25, 0.3) is 0 Å². The molecule has 0 aromatic carbocycles. The second kappa shape index (κ2) is 7.10. The Morgan fingerprint density at radius 3 is 2.44 bits per heavy atom. The van der Waals surface area contributed by atoms with E-state index in [-0.39, 0.29) is 22.3 Å². The fourth-order valence-corrected chi connectivity index (χ4v) is 1.50. The van der Waals surface area contributed by atoms with Crippen LogP contribution in [0.5, 0.6) is 0 Å². The third-order valence-electron chi connectivity index (χ3n) is 1.57. The van der Waals surface area contributed by atoms with Crippen molar-refractivity contribution < 1.29 is 4.79 Å². The number of guanidine groups is 1. The van der Waals surface area contributed by atoms with Crippen LogP contribution in [0.3, 0.4) is 0 Å². The quantitative estimate of drug-likeness (QED) is 0.414. The van der Waals surface area contributed by atoms with Crippen LogP contribution >= 0.6 is 11.8 Å². The highest BCUT2D eigenvalue weighted by molar-refractivity contribution is 8.14. The summed E-state index contributed by atoms with van der Waals surface area (Å²) in [6.07, 6.45) is 0. The van der Waals surface area contributed by atoms with E-state index in [2.05, 4.69) is 10.3 Å². The number of carbonyl (C=O) groups is 1. The van der Waals surface area contributed by atoms with E-state index in [1.165, 1.54) is 0 Å². The Balaban J connectivity index is 4.05. The van der Waals surface area contributed by atoms with E-state index >= 15 is 0 Å². The van der Waals surface area contributed by atoms with Crippen LogP contribution in [-0.4, -0.2) is 28.8 Å². The molecule has 0 aliphatic heterocycles. The Hall–Kier alpha value is -1.24. The zero-order valence-corrected chi connectivity index (χ0v) is 10.6. The molecular formula is C9H19N5OS. The van der Waals surface area contributed by atoms with Gasteiger partial charge < -0.3 is 16.8 Å². The topological polar surface area (TPSA) is 117 Å². The molecule has 16 heavy (non-hydrogen) atoms. The van der Waals surface area contributed by atoms with Gasteiger partial charge in [0.25, 0.3) is 0 Å². The summed E-state index contributed by atoms with van der Waals surface area (Å²) in [4.78, 5) is 15.1. The summed E-state index contributed by atoms with van der Waals surface area (Å²) >= 11 is 1.01. The number of hydrogen-bond donors (Lipinski definition) is 4. The predicted molar refractivity (Wildman–Crippen MR) is 68.4 cm³/mol. The normalized spacial score (nSPS) is 12.0. The molecular weight excluding hydrogens is 226 g/mol. The van der Waals surface area contributed by atoms with E-state index in [0.29, 0.717) is 12.5 Å². The van der Waals surface area contributed by atoms with Gasteiger partial charge in [-0.3, -0.25) is 10.2 Å². The van der Waals surface area contributed by atoms with E-state index in [1.54, 1.807) is 6.92 Å². The van der Waals surface area contributed by atoms with E-state index in [4.69, 9.17) is 16.9 Å². The summed E-state index contributed by atoms with van der Waals surface area (Å²) in [5.41, 5.74) is 10.2. The molecule has 1 unspecified atom stereocenters. The number of amidine groups is 1. The van der Waals surface area contributed by atoms with Gasteiger partial charge in [0.2, 0.25) is 5.91 Å². The molecule has 6 N–H and O–H groups in total. The monoisotopic (exact) mass is 245 g/mol. The highest BCUT2D eigenvalue weighted by Crippen LogP contribution is 2.12. The van der Waals surface area contributed by atoms with Crippen LogP contribution in [-0.2, 0) is 4.79 Å². The number of amides is 1. The third kappa shape index (κ3) is 7.10. The van der Waals surface area contributed by atoms with E-state index < -0.39 is 0 Å². The molecule has 7 heteroatoms. The van der Waals surface area contributed by atoms with Gasteiger partial charge in [-0.25, -0.2) is 0 Å². The van der Waals surface area contributed by atoms with Gasteiger partial charge in [-0.05, 0) is 12.8 Å². The zero-order valence-electron chi connectivity index (χ0n) is 9.78. The molecule has 0 heterocycles. The largest absolute Gasteiger partial charge is 0.370 e.